The van der Waals surface area contributed by atoms with Crippen LogP contribution in [0.3, 0.4) is 0 Å². The van der Waals surface area contributed by atoms with Crippen molar-refractivity contribution in [1.29, 1.82) is 0 Å². The number of phenols is 3. The molecule has 4 N–H and O–H groups in total. The molecule has 0 unspecified atom stereocenters. The van der Waals surface area contributed by atoms with Crippen LogP contribution in [0.5, 0.6) is 17.2 Å². The van der Waals surface area contributed by atoms with Crippen molar-refractivity contribution in [1.82, 2.24) is 5.32 Å². The van der Waals surface area contributed by atoms with Crippen LogP contribution in [0.2, 0.25) is 0 Å². The van der Waals surface area contributed by atoms with Crippen molar-refractivity contribution < 1.29 is 15.3 Å². The summed E-state index contributed by atoms with van der Waals surface area (Å²) in [6, 6.07) is 3.53. The number of benzene rings is 1. The molecule has 19 heavy (non-hydrogen) atoms. The lowest BCUT2D eigenvalue weighted by atomic mass is 9.96. The first-order valence-corrected chi connectivity index (χ1v) is 7.14. The first kappa shape index (κ1) is 14.0. The van der Waals surface area contributed by atoms with Crippen molar-refractivity contribution in [2.24, 2.45) is 0 Å². The Bertz CT molecular complexity index is 412. The summed E-state index contributed by atoms with van der Waals surface area (Å²) in [5, 5.41) is 32.0. The quantitative estimate of drug-likeness (QED) is 0.634. The summed E-state index contributed by atoms with van der Waals surface area (Å²) in [5.74, 6) is -0.942. The maximum absolute atomic E-state index is 9.76. The van der Waals surface area contributed by atoms with E-state index in [9.17, 15) is 15.3 Å². The van der Waals surface area contributed by atoms with Crippen LogP contribution in [0.25, 0.3) is 0 Å². The molecule has 0 heterocycles. The predicted molar refractivity (Wildman–Crippen MR) is 74.4 cm³/mol. The van der Waals surface area contributed by atoms with Crippen LogP contribution in [0.4, 0.5) is 0 Å². The van der Waals surface area contributed by atoms with Crippen molar-refractivity contribution in [2.75, 3.05) is 0 Å². The zero-order valence-corrected chi connectivity index (χ0v) is 11.2. The molecule has 1 aromatic rings. The Hall–Kier alpha value is -1.42. The maximum Gasteiger partial charge on any atom is 0.200 e. The van der Waals surface area contributed by atoms with Gasteiger partial charge in [0.15, 0.2) is 11.5 Å². The second-order valence-electron chi connectivity index (χ2n) is 5.36. The lowest BCUT2D eigenvalue weighted by Gasteiger charge is -2.21. The number of phenolic OH excluding ortho intramolecular Hbond substituents is 3. The van der Waals surface area contributed by atoms with Crippen molar-refractivity contribution in [3.05, 3.63) is 17.7 Å². The summed E-state index contributed by atoms with van der Waals surface area (Å²) < 4.78 is 0. The average molecular weight is 265 g/mol. The molecular weight excluding hydrogens is 242 g/mol. The van der Waals surface area contributed by atoms with Gasteiger partial charge in [-0.2, -0.15) is 0 Å². The number of nitrogens with one attached hydrogen (secondary N) is 1. The highest BCUT2D eigenvalue weighted by molar-refractivity contribution is 5.52. The molecule has 4 heteroatoms. The van der Waals surface area contributed by atoms with Gasteiger partial charge in [-0.3, -0.25) is 0 Å². The van der Waals surface area contributed by atoms with Gasteiger partial charge in [0.1, 0.15) is 0 Å². The van der Waals surface area contributed by atoms with Crippen LogP contribution in [0.15, 0.2) is 12.1 Å². The van der Waals surface area contributed by atoms with E-state index in [4.69, 9.17) is 0 Å². The summed E-state index contributed by atoms with van der Waals surface area (Å²) in [7, 11) is 0. The molecule has 1 aromatic carbocycles. The Morgan fingerprint density at radius 2 is 1.53 bits per heavy atom. The monoisotopic (exact) mass is 265 g/mol. The van der Waals surface area contributed by atoms with E-state index in [0.717, 1.165) is 0 Å². The third-order valence-electron chi connectivity index (χ3n) is 3.90. The topological polar surface area (TPSA) is 72.7 Å². The number of hydrogen-bond acceptors (Lipinski definition) is 4. The average Bonchev–Trinajstić information content (AvgIpc) is 2.37. The van der Waals surface area contributed by atoms with Gasteiger partial charge < -0.3 is 20.6 Å². The molecule has 1 fully saturated rings. The third kappa shape index (κ3) is 3.77. The molecule has 0 atom stereocenters. The zero-order chi connectivity index (χ0) is 13.7. The van der Waals surface area contributed by atoms with E-state index in [1.54, 1.807) is 6.07 Å². The van der Waals surface area contributed by atoms with Crippen LogP contribution in [0, 0.1) is 0 Å². The van der Waals surface area contributed by atoms with Gasteiger partial charge in [0.25, 0.3) is 0 Å². The fourth-order valence-corrected chi connectivity index (χ4v) is 2.67. The molecule has 1 saturated carbocycles. The van der Waals surface area contributed by atoms with Gasteiger partial charge in [0.2, 0.25) is 5.75 Å². The highest BCUT2D eigenvalue weighted by atomic mass is 16.3. The van der Waals surface area contributed by atoms with Gasteiger partial charge in [0.05, 0.1) is 0 Å². The molecule has 0 bridgehead atoms. The molecule has 106 valence electrons. The predicted octanol–water partition coefficient (Wildman–Crippen LogP) is 3.01. The molecule has 4 nitrogen and oxygen atoms in total. The summed E-state index contributed by atoms with van der Waals surface area (Å²) in [6.45, 7) is 0.518. The summed E-state index contributed by atoms with van der Waals surface area (Å²) in [4.78, 5) is 0. The van der Waals surface area contributed by atoms with Gasteiger partial charge >= 0.3 is 0 Å². The summed E-state index contributed by atoms with van der Waals surface area (Å²) >= 11 is 0. The fraction of sp³-hybridized carbons (Fsp3) is 0.600. The Morgan fingerprint density at radius 1 is 0.895 bits per heavy atom. The molecule has 0 aliphatic heterocycles. The van der Waals surface area contributed by atoms with Crippen molar-refractivity contribution in [3.63, 3.8) is 0 Å². The van der Waals surface area contributed by atoms with E-state index in [0.29, 0.717) is 18.2 Å². The Morgan fingerprint density at radius 3 is 2.21 bits per heavy atom. The first-order chi connectivity index (χ1) is 9.18. The van der Waals surface area contributed by atoms with Crippen molar-refractivity contribution >= 4 is 0 Å². The van der Waals surface area contributed by atoms with Gasteiger partial charge in [-0.15, -0.1) is 0 Å². The largest absolute Gasteiger partial charge is 0.504 e. The lowest BCUT2D eigenvalue weighted by molar-refractivity contribution is 0.358. The van der Waals surface area contributed by atoms with E-state index in [2.05, 4.69) is 5.32 Å². The van der Waals surface area contributed by atoms with Crippen LogP contribution in [-0.4, -0.2) is 21.4 Å². The van der Waals surface area contributed by atoms with Crippen LogP contribution < -0.4 is 5.32 Å². The molecule has 0 aromatic heterocycles. The minimum atomic E-state index is -0.433. The smallest absolute Gasteiger partial charge is 0.200 e. The molecule has 1 aliphatic carbocycles. The van der Waals surface area contributed by atoms with E-state index in [1.165, 1.54) is 51.0 Å². The first-order valence-electron chi connectivity index (χ1n) is 7.14. The molecule has 1 aliphatic rings. The van der Waals surface area contributed by atoms with Crippen LogP contribution >= 0.6 is 0 Å². The zero-order valence-electron chi connectivity index (χ0n) is 11.2. The Kier molecular flexibility index (Phi) is 4.91. The van der Waals surface area contributed by atoms with Gasteiger partial charge in [-0.25, -0.2) is 0 Å². The second-order valence-corrected chi connectivity index (χ2v) is 5.36. The van der Waals surface area contributed by atoms with Crippen molar-refractivity contribution in [2.45, 2.75) is 57.5 Å². The highest BCUT2D eigenvalue weighted by Gasteiger charge is 2.14. The summed E-state index contributed by atoms with van der Waals surface area (Å²) in [6.07, 6.45) is 8.82. The SMILES string of the molecule is Oc1ccc(CNC2CCCCCCC2)c(O)c1O. The van der Waals surface area contributed by atoms with E-state index >= 15 is 0 Å². The maximum atomic E-state index is 9.76. The highest BCUT2D eigenvalue weighted by Crippen LogP contribution is 2.37. The van der Waals surface area contributed by atoms with E-state index in [1.807, 2.05) is 0 Å². The standard InChI is InChI=1S/C15H23NO3/c17-13-9-8-11(14(18)15(13)19)10-16-12-6-4-2-1-3-5-7-12/h8-9,12,16-19H,1-7,10H2. The van der Waals surface area contributed by atoms with E-state index < -0.39 is 5.75 Å². The van der Waals surface area contributed by atoms with Gasteiger partial charge in [-0.1, -0.05) is 38.2 Å². The fourth-order valence-electron chi connectivity index (χ4n) is 2.67. The molecule has 0 spiro atoms. The number of rotatable bonds is 3. The van der Waals surface area contributed by atoms with Gasteiger partial charge in [-0.05, 0) is 18.9 Å². The molecule has 0 radical (unpaired) electrons. The molecular formula is C15H23NO3. The van der Waals surface area contributed by atoms with Crippen molar-refractivity contribution in [3.8, 4) is 17.2 Å². The number of aromatic hydroxyl groups is 3. The number of hydrogen-bond donors (Lipinski definition) is 4. The summed E-state index contributed by atoms with van der Waals surface area (Å²) in [5.41, 5.74) is 0.623. The molecule has 2 rings (SSSR count). The lowest BCUT2D eigenvalue weighted by Crippen LogP contribution is -2.29. The molecule has 0 amide bonds. The Balaban J connectivity index is 1.92. The Labute approximate surface area is 114 Å². The molecule has 0 saturated heterocycles. The second kappa shape index (κ2) is 6.66. The normalized spacial score (nSPS) is 17.9. The van der Waals surface area contributed by atoms with Gasteiger partial charge in [0, 0.05) is 18.2 Å². The van der Waals surface area contributed by atoms with E-state index in [-0.39, 0.29) is 11.5 Å². The minimum Gasteiger partial charge on any atom is -0.504 e. The minimum absolute atomic E-state index is 0.224. The van der Waals surface area contributed by atoms with Crippen LogP contribution in [-0.2, 0) is 6.54 Å². The third-order valence-corrected chi connectivity index (χ3v) is 3.90. The van der Waals surface area contributed by atoms with Crippen LogP contribution in [0.1, 0.15) is 50.5 Å².